The molecule has 0 fully saturated rings. The van der Waals surface area contributed by atoms with Crippen LogP contribution in [-0.4, -0.2) is 63.8 Å². The highest BCUT2D eigenvalue weighted by molar-refractivity contribution is 5.88. The van der Waals surface area contributed by atoms with Gasteiger partial charge in [0.25, 0.3) is 0 Å². The smallest absolute Gasteiger partial charge is 0.244 e. The Balaban J connectivity index is 4.18. The SMILES string of the molecule is CCCCCCCCCCCCCCCCCC(=O)NC[C@H](NC(=O)CCCCCCCCCCCCCCCCC)C(=O)NCCCOCCOC. The van der Waals surface area contributed by atoms with Crippen LogP contribution in [0.5, 0.6) is 0 Å². The highest BCUT2D eigenvalue weighted by atomic mass is 16.5. The van der Waals surface area contributed by atoms with Crippen LogP contribution in [0.1, 0.15) is 226 Å². The maximum Gasteiger partial charge on any atom is 0.244 e. The molecule has 0 spiro atoms. The number of hydrogen-bond donors (Lipinski definition) is 3. The molecule has 1 atom stereocenters. The van der Waals surface area contributed by atoms with Crippen LogP contribution in [0, 0.1) is 0 Å². The lowest BCUT2D eigenvalue weighted by Gasteiger charge is -2.19. The average molecular weight is 752 g/mol. The topological polar surface area (TPSA) is 106 Å². The summed E-state index contributed by atoms with van der Waals surface area (Å²) in [5.41, 5.74) is 0. The molecule has 0 rings (SSSR count). The molecule has 0 saturated heterocycles. The molecule has 0 aliphatic carbocycles. The summed E-state index contributed by atoms with van der Waals surface area (Å²) in [6.45, 7) is 6.69. The summed E-state index contributed by atoms with van der Waals surface area (Å²) in [4.78, 5) is 38.4. The number of carbonyl (C=O) groups excluding carboxylic acids is 3. The largest absolute Gasteiger partial charge is 0.382 e. The summed E-state index contributed by atoms with van der Waals surface area (Å²) in [6.07, 6.45) is 40.1. The first-order valence-electron chi connectivity index (χ1n) is 23.0. The van der Waals surface area contributed by atoms with E-state index < -0.39 is 6.04 Å². The molecule has 8 nitrogen and oxygen atoms in total. The van der Waals surface area contributed by atoms with Gasteiger partial charge in [-0.05, 0) is 19.3 Å². The summed E-state index contributed by atoms with van der Waals surface area (Å²) in [5, 5.41) is 8.72. The Kier molecular flexibility index (Phi) is 41.7. The van der Waals surface area contributed by atoms with E-state index in [-0.39, 0.29) is 24.3 Å². The van der Waals surface area contributed by atoms with Crippen molar-refractivity contribution in [3.8, 4) is 0 Å². The molecule has 3 amide bonds. The lowest BCUT2D eigenvalue weighted by Crippen LogP contribution is -2.52. The number of methoxy groups -OCH3 is 1. The van der Waals surface area contributed by atoms with E-state index in [2.05, 4.69) is 29.8 Å². The molecule has 53 heavy (non-hydrogen) atoms. The van der Waals surface area contributed by atoms with Crippen LogP contribution in [-0.2, 0) is 23.9 Å². The Labute approximate surface area is 328 Å². The van der Waals surface area contributed by atoms with Gasteiger partial charge in [0.1, 0.15) is 6.04 Å². The van der Waals surface area contributed by atoms with Crippen LogP contribution in [0.15, 0.2) is 0 Å². The summed E-state index contributed by atoms with van der Waals surface area (Å²) in [7, 11) is 1.64. The monoisotopic (exact) mass is 752 g/mol. The van der Waals surface area contributed by atoms with Crippen LogP contribution < -0.4 is 16.0 Å². The first-order chi connectivity index (χ1) is 26.0. The number of amides is 3. The number of nitrogens with one attached hydrogen (secondary N) is 3. The van der Waals surface area contributed by atoms with Crippen molar-refractivity contribution in [1.29, 1.82) is 0 Å². The van der Waals surface area contributed by atoms with E-state index in [0.717, 1.165) is 32.1 Å². The molecule has 0 aromatic carbocycles. The normalized spacial score (nSPS) is 11.8. The van der Waals surface area contributed by atoms with E-state index in [0.29, 0.717) is 45.6 Å². The van der Waals surface area contributed by atoms with Gasteiger partial charge in [-0.1, -0.05) is 194 Å². The van der Waals surface area contributed by atoms with Crippen molar-refractivity contribution in [3.05, 3.63) is 0 Å². The van der Waals surface area contributed by atoms with E-state index in [4.69, 9.17) is 9.47 Å². The minimum absolute atomic E-state index is 0.0549. The molecule has 0 aliphatic heterocycles. The van der Waals surface area contributed by atoms with E-state index in [1.54, 1.807) is 7.11 Å². The van der Waals surface area contributed by atoms with Crippen molar-refractivity contribution in [1.82, 2.24) is 16.0 Å². The van der Waals surface area contributed by atoms with Crippen molar-refractivity contribution < 1.29 is 23.9 Å². The quantitative estimate of drug-likeness (QED) is 0.0538. The summed E-state index contributed by atoms with van der Waals surface area (Å²) >= 11 is 0. The van der Waals surface area contributed by atoms with E-state index >= 15 is 0 Å². The Hall–Kier alpha value is -1.67. The number of unbranched alkanes of at least 4 members (excludes halogenated alkanes) is 28. The maximum atomic E-state index is 13.0. The minimum Gasteiger partial charge on any atom is -0.382 e. The first kappa shape index (κ1) is 51.3. The van der Waals surface area contributed by atoms with Crippen LogP contribution in [0.4, 0.5) is 0 Å². The van der Waals surface area contributed by atoms with Crippen LogP contribution in [0.25, 0.3) is 0 Å². The van der Waals surface area contributed by atoms with E-state index in [1.165, 1.54) is 161 Å². The summed E-state index contributed by atoms with van der Waals surface area (Å²) in [5.74, 6) is -0.445. The van der Waals surface area contributed by atoms with Gasteiger partial charge in [0.2, 0.25) is 17.7 Å². The van der Waals surface area contributed by atoms with Gasteiger partial charge < -0.3 is 25.4 Å². The molecule has 0 aromatic heterocycles. The molecule has 0 heterocycles. The van der Waals surface area contributed by atoms with E-state index in [9.17, 15) is 14.4 Å². The molecule has 0 bridgehead atoms. The fourth-order valence-corrected chi connectivity index (χ4v) is 6.85. The maximum absolute atomic E-state index is 13.0. The van der Waals surface area contributed by atoms with Gasteiger partial charge in [0, 0.05) is 39.6 Å². The van der Waals surface area contributed by atoms with Crippen molar-refractivity contribution in [2.24, 2.45) is 0 Å². The lowest BCUT2D eigenvalue weighted by molar-refractivity contribution is -0.129. The second-order valence-electron chi connectivity index (χ2n) is 15.6. The molecular weight excluding hydrogens is 663 g/mol. The van der Waals surface area contributed by atoms with Gasteiger partial charge in [-0.25, -0.2) is 0 Å². The van der Waals surface area contributed by atoms with Crippen LogP contribution >= 0.6 is 0 Å². The third kappa shape index (κ3) is 39.8. The Bertz CT molecular complexity index is 796. The Morgan fingerprint density at radius 2 is 0.811 bits per heavy atom. The molecule has 0 saturated carbocycles. The third-order valence-electron chi connectivity index (χ3n) is 10.4. The van der Waals surface area contributed by atoms with Gasteiger partial charge in [-0.15, -0.1) is 0 Å². The van der Waals surface area contributed by atoms with Crippen LogP contribution in [0.2, 0.25) is 0 Å². The molecule has 0 radical (unpaired) electrons. The number of hydrogen-bond acceptors (Lipinski definition) is 5. The summed E-state index contributed by atoms with van der Waals surface area (Å²) < 4.78 is 10.5. The van der Waals surface area contributed by atoms with Crippen molar-refractivity contribution >= 4 is 17.7 Å². The fourth-order valence-electron chi connectivity index (χ4n) is 6.85. The minimum atomic E-state index is -0.779. The van der Waals surface area contributed by atoms with Crippen molar-refractivity contribution in [2.75, 3.05) is 40.0 Å². The first-order valence-corrected chi connectivity index (χ1v) is 23.0. The molecule has 8 heteroatoms. The Morgan fingerprint density at radius 1 is 0.434 bits per heavy atom. The second kappa shape index (κ2) is 43.1. The van der Waals surface area contributed by atoms with Crippen LogP contribution in [0.3, 0.4) is 0 Å². The zero-order valence-corrected chi connectivity index (χ0v) is 35.5. The molecule has 0 unspecified atom stereocenters. The zero-order chi connectivity index (χ0) is 38.7. The van der Waals surface area contributed by atoms with Crippen molar-refractivity contribution in [2.45, 2.75) is 232 Å². The van der Waals surface area contributed by atoms with Gasteiger partial charge in [-0.2, -0.15) is 0 Å². The lowest BCUT2D eigenvalue weighted by atomic mass is 10.0. The van der Waals surface area contributed by atoms with Gasteiger partial charge in [0.15, 0.2) is 0 Å². The van der Waals surface area contributed by atoms with Gasteiger partial charge in [-0.3, -0.25) is 14.4 Å². The second-order valence-corrected chi connectivity index (χ2v) is 15.6. The summed E-state index contributed by atoms with van der Waals surface area (Å²) in [6, 6.07) is -0.779. The highest BCUT2D eigenvalue weighted by Crippen LogP contribution is 2.15. The third-order valence-corrected chi connectivity index (χ3v) is 10.4. The molecule has 0 aliphatic rings. The average Bonchev–Trinajstić information content (AvgIpc) is 3.15. The number of rotatable bonds is 43. The highest BCUT2D eigenvalue weighted by Gasteiger charge is 2.21. The standard InChI is InChI=1S/C45H89N3O5/c1-4-6-8-10-12-14-16-18-20-22-24-26-28-30-32-35-43(49)47-41-42(45(51)46-37-34-38-53-40-39-52-3)48-44(50)36-33-31-29-27-25-23-21-19-17-15-13-11-9-7-5-2/h42H,4-41H2,1-3H3,(H,46,51)(H,47,49)(H,48,50)/t42-/m0/s1. The Morgan fingerprint density at radius 3 is 1.21 bits per heavy atom. The van der Waals surface area contributed by atoms with E-state index in [1.807, 2.05) is 0 Å². The van der Waals surface area contributed by atoms with Crippen molar-refractivity contribution in [3.63, 3.8) is 0 Å². The van der Waals surface area contributed by atoms with Gasteiger partial charge in [0.05, 0.1) is 13.2 Å². The number of ether oxygens (including phenoxy) is 2. The number of carbonyl (C=O) groups is 3. The van der Waals surface area contributed by atoms with Gasteiger partial charge >= 0.3 is 0 Å². The predicted octanol–water partition coefficient (Wildman–Crippen LogP) is 11.3. The predicted molar refractivity (Wildman–Crippen MR) is 224 cm³/mol. The molecular formula is C45H89N3O5. The molecule has 0 aromatic rings. The molecule has 3 N–H and O–H groups in total. The molecule has 314 valence electrons. The fraction of sp³-hybridized carbons (Fsp3) is 0.933. The zero-order valence-electron chi connectivity index (χ0n) is 35.5.